The van der Waals surface area contributed by atoms with Gasteiger partial charge in [0.25, 0.3) is 5.91 Å². The van der Waals surface area contributed by atoms with Gasteiger partial charge in [-0.15, -0.1) is 0 Å². The minimum Gasteiger partial charge on any atom is -0.373 e. The molecular formula is C25H33N3O4S. The zero-order valence-corrected chi connectivity index (χ0v) is 20.2. The number of morpholine rings is 1. The maximum atomic E-state index is 13.0. The van der Waals surface area contributed by atoms with E-state index in [1.165, 1.54) is 34.8 Å². The predicted molar refractivity (Wildman–Crippen MR) is 127 cm³/mol. The average molecular weight is 472 g/mol. The number of sulfonamides is 1. The largest absolute Gasteiger partial charge is 0.373 e. The van der Waals surface area contributed by atoms with Crippen LogP contribution in [-0.2, 0) is 27.8 Å². The van der Waals surface area contributed by atoms with Crippen LogP contribution in [0, 0.1) is 0 Å². The Morgan fingerprint density at radius 1 is 0.970 bits per heavy atom. The average Bonchev–Trinajstić information content (AvgIpc) is 3.31. The number of hydrogen-bond acceptors (Lipinski definition) is 5. The molecule has 7 nitrogen and oxygen atoms in total. The summed E-state index contributed by atoms with van der Waals surface area (Å²) in [6.07, 6.45) is 2.19. The van der Waals surface area contributed by atoms with Crippen molar-refractivity contribution in [3.05, 3.63) is 65.2 Å². The van der Waals surface area contributed by atoms with E-state index in [0.717, 1.165) is 25.2 Å². The molecule has 2 heterocycles. The number of benzene rings is 2. The zero-order chi connectivity index (χ0) is 23.4. The summed E-state index contributed by atoms with van der Waals surface area (Å²) in [5.74, 6) is -0.219. The zero-order valence-electron chi connectivity index (χ0n) is 19.4. The molecule has 0 spiro atoms. The van der Waals surface area contributed by atoms with E-state index in [4.69, 9.17) is 4.74 Å². The molecule has 0 bridgehead atoms. The van der Waals surface area contributed by atoms with Gasteiger partial charge in [0.2, 0.25) is 10.0 Å². The maximum absolute atomic E-state index is 13.0. The second-order valence-electron chi connectivity index (χ2n) is 9.04. The van der Waals surface area contributed by atoms with Crippen LogP contribution in [0.2, 0.25) is 0 Å². The summed E-state index contributed by atoms with van der Waals surface area (Å²) in [5.41, 5.74) is 2.78. The summed E-state index contributed by atoms with van der Waals surface area (Å²) in [6.45, 7) is 7.97. The highest BCUT2D eigenvalue weighted by Crippen LogP contribution is 2.22. The lowest BCUT2D eigenvalue weighted by Crippen LogP contribution is -2.48. The molecular weight excluding hydrogens is 438 g/mol. The van der Waals surface area contributed by atoms with E-state index in [2.05, 4.69) is 16.3 Å². The SMILES string of the molecule is C[C@@H]1CN(S(=O)(=O)c2ccc(C(=O)NCc3ccccc3CN3CCCC3)cc2)C[C@@H](C)O1. The molecule has 2 fully saturated rings. The highest BCUT2D eigenvalue weighted by Gasteiger charge is 2.32. The molecule has 2 aromatic rings. The second-order valence-corrected chi connectivity index (χ2v) is 11.0. The first-order valence-electron chi connectivity index (χ1n) is 11.7. The lowest BCUT2D eigenvalue weighted by molar-refractivity contribution is -0.0440. The summed E-state index contributed by atoms with van der Waals surface area (Å²) in [6, 6.07) is 14.4. The lowest BCUT2D eigenvalue weighted by atomic mass is 10.1. The molecule has 2 aromatic carbocycles. The van der Waals surface area contributed by atoms with E-state index in [9.17, 15) is 13.2 Å². The summed E-state index contributed by atoms with van der Waals surface area (Å²) in [5, 5.41) is 2.98. The Morgan fingerprint density at radius 3 is 2.21 bits per heavy atom. The third kappa shape index (κ3) is 5.81. The molecule has 8 heteroatoms. The Kier molecular flexibility index (Phi) is 7.48. The van der Waals surface area contributed by atoms with Gasteiger partial charge in [0.15, 0.2) is 0 Å². The van der Waals surface area contributed by atoms with Crippen LogP contribution in [0.3, 0.4) is 0 Å². The number of hydrogen-bond donors (Lipinski definition) is 1. The number of likely N-dealkylation sites (tertiary alicyclic amines) is 1. The van der Waals surface area contributed by atoms with Crippen molar-refractivity contribution in [3.63, 3.8) is 0 Å². The number of carbonyl (C=O) groups is 1. The van der Waals surface area contributed by atoms with Crippen molar-refractivity contribution in [1.82, 2.24) is 14.5 Å². The van der Waals surface area contributed by atoms with E-state index in [1.807, 2.05) is 32.0 Å². The van der Waals surface area contributed by atoms with Crippen molar-refractivity contribution in [2.45, 2.75) is 56.9 Å². The van der Waals surface area contributed by atoms with Crippen LogP contribution in [0.25, 0.3) is 0 Å². The highest BCUT2D eigenvalue weighted by atomic mass is 32.2. The van der Waals surface area contributed by atoms with Crippen LogP contribution in [0.1, 0.15) is 48.2 Å². The van der Waals surface area contributed by atoms with Gasteiger partial charge in [0.05, 0.1) is 17.1 Å². The number of ether oxygens (including phenoxy) is 1. The van der Waals surface area contributed by atoms with Crippen LogP contribution in [0.4, 0.5) is 0 Å². The first-order chi connectivity index (χ1) is 15.8. The van der Waals surface area contributed by atoms with Crippen LogP contribution in [-0.4, -0.2) is 61.9 Å². The number of nitrogens with zero attached hydrogens (tertiary/aromatic N) is 2. The molecule has 1 amide bonds. The predicted octanol–water partition coefficient (Wildman–Crippen LogP) is 3.01. The second kappa shape index (κ2) is 10.3. The molecule has 2 aliphatic heterocycles. The van der Waals surface area contributed by atoms with Crippen LogP contribution >= 0.6 is 0 Å². The quantitative estimate of drug-likeness (QED) is 0.672. The Balaban J connectivity index is 1.39. The maximum Gasteiger partial charge on any atom is 0.251 e. The first-order valence-corrected chi connectivity index (χ1v) is 13.1. The molecule has 0 aromatic heterocycles. The molecule has 0 radical (unpaired) electrons. The Labute approximate surface area is 196 Å². The van der Waals surface area contributed by atoms with E-state index >= 15 is 0 Å². The van der Waals surface area contributed by atoms with Crippen LogP contribution in [0.5, 0.6) is 0 Å². The van der Waals surface area contributed by atoms with Gasteiger partial charge in [-0.1, -0.05) is 24.3 Å². The fourth-order valence-electron chi connectivity index (χ4n) is 4.60. The molecule has 33 heavy (non-hydrogen) atoms. The van der Waals surface area contributed by atoms with Gasteiger partial charge in [-0.05, 0) is 75.2 Å². The lowest BCUT2D eigenvalue weighted by Gasteiger charge is -2.34. The Hall–Kier alpha value is -2.26. The van der Waals surface area contributed by atoms with E-state index in [1.54, 1.807) is 12.1 Å². The Bertz CT molecular complexity index is 1060. The number of carbonyl (C=O) groups excluding carboxylic acids is 1. The third-order valence-electron chi connectivity index (χ3n) is 6.29. The standard InChI is InChI=1S/C25H33N3O4S/c1-19-16-28(17-20(2)32-19)33(30,31)24-11-9-21(10-12-24)25(29)26-15-22-7-3-4-8-23(22)18-27-13-5-6-14-27/h3-4,7-12,19-20H,5-6,13-18H2,1-2H3,(H,26,29)/t19-,20-/m1/s1. The fraction of sp³-hybridized carbons (Fsp3) is 0.480. The van der Waals surface area contributed by atoms with Crippen molar-refractivity contribution >= 4 is 15.9 Å². The first kappa shape index (κ1) is 23.9. The van der Waals surface area contributed by atoms with Gasteiger partial charge in [0, 0.05) is 31.7 Å². The molecule has 4 rings (SSSR count). The van der Waals surface area contributed by atoms with Crippen molar-refractivity contribution < 1.29 is 17.9 Å². The minimum atomic E-state index is -3.63. The summed E-state index contributed by atoms with van der Waals surface area (Å²) >= 11 is 0. The molecule has 2 atom stereocenters. The molecule has 0 saturated carbocycles. The smallest absolute Gasteiger partial charge is 0.251 e. The minimum absolute atomic E-state index is 0.151. The molecule has 178 valence electrons. The van der Waals surface area contributed by atoms with Crippen molar-refractivity contribution in [1.29, 1.82) is 0 Å². The molecule has 0 unspecified atom stereocenters. The van der Waals surface area contributed by atoms with Gasteiger partial charge in [0.1, 0.15) is 0 Å². The van der Waals surface area contributed by atoms with Crippen molar-refractivity contribution in [3.8, 4) is 0 Å². The summed E-state index contributed by atoms with van der Waals surface area (Å²) in [7, 11) is -3.63. The molecule has 1 N–H and O–H groups in total. The summed E-state index contributed by atoms with van der Waals surface area (Å²) in [4.78, 5) is 15.4. The topological polar surface area (TPSA) is 79.0 Å². The van der Waals surface area contributed by atoms with Gasteiger partial charge in [-0.25, -0.2) is 8.42 Å². The van der Waals surface area contributed by atoms with E-state index in [-0.39, 0.29) is 23.0 Å². The monoisotopic (exact) mass is 471 g/mol. The fourth-order valence-corrected chi connectivity index (χ4v) is 6.19. The van der Waals surface area contributed by atoms with Crippen LogP contribution < -0.4 is 5.32 Å². The third-order valence-corrected chi connectivity index (χ3v) is 8.14. The molecule has 2 saturated heterocycles. The summed E-state index contributed by atoms with van der Waals surface area (Å²) < 4.78 is 33.1. The van der Waals surface area contributed by atoms with Gasteiger partial charge in [-0.3, -0.25) is 9.69 Å². The Morgan fingerprint density at radius 2 is 1.58 bits per heavy atom. The van der Waals surface area contributed by atoms with Crippen LogP contribution in [0.15, 0.2) is 53.4 Å². The van der Waals surface area contributed by atoms with Gasteiger partial charge in [-0.2, -0.15) is 4.31 Å². The van der Waals surface area contributed by atoms with Gasteiger partial charge < -0.3 is 10.1 Å². The molecule has 0 aliphatic carbocycles. The van der Waals surface area contributed by atoms with E-state index < -0.39 is 10.0 Å². The van der Waals surface area contributed by atoms with Crippen molar-refractivity contribution in [2.24, 2.45) is 0 Å². The number of amides is 1. The van der Waals surface area contributed by atoms with Gasteiger partial charge >= 0.3 is 0 Å². The molecule has 2 aliphatic rings. The normalized spacial score (nSPS) is 22.4. The highest BCUT2D eigenvalue weighted by molar-refractivity contribution is 7.89. The van der Waals surface area contributed by atoms with Crippen molar-refractivity contribution in [2.75, 3.05) is 26.2 Å². The van der Waals surface area contributed by atoms with E-state index in [0.29, 0.717) is 25.2 Å². The number of nitrogens with one attached hydrogen (secondary N) is 1. The number of rotatable bonds is 7.